The number of fused-ring (bicyclic) bond motifs is 2. The Morgan fingerprint density at radius 3 is 2.52 bits per heavy atom. The molecule has 0 aliphatic carbocycles. The van der Waals surface area contributed by atoms with E-state index < -0.39 is 0 Å². The molecule has 0 atom stereocenters. The summed E-state index contributed by atoms with van der Waals surface area (Å²) in [5.74, 6) is 0.838. The van der Waals surface area contributed by atoms with Crippen LogP contribution in [-0.2, 0) is 0 Å². The molecule has 120 valence electrons. The van der Waals surface area contributed by atoms with Crippen molar-refractivity contribution in [1.82, 2.24) is 0 Å². The van der Waals surface area contributed by atoms with E-state index in [1.165, 1.54) is 0 Å². The lowest BCUT2D eigenvalue weighted by Crippen LogP contribution is -2.35. The van der Waals surface area contributed by atoms with Crippen LogP contribution in [0.2, 0.25) is 0 Å². The van der Waals surface area contributed by atoms with Crippen molar-refractivity contribution in [3.05, 3.63) is 52.7 Å². The van der Waals surface area contributed by atoms with Gasteiger partial charge < -0.3 is 9.22 Å². The van der Waals surface area contributed by atoms with Gasteiger partial charge in [-0.15, -0.1) is 11.3 Å². The molecular weight excluding hydrogens is 306 g/mol. The van der Waals surface area contributed by atoms with Gasteiger partial charge in [-0.3, -0.25) is 4.79 Å². The van der Waals surface area contributed by atoms with Gasteiger partial charge in [0, 0.05) is 26.6 Å². The normalized spacial score (nSPS) is 12.0. The van der Waals surface area contributed by atoms with Gasteiger partial charge in [0.05, 0.1) is 34.3 Å². The average Bonchev–Trinajstić information content (AvgIpc) is 2.51. The highest BCUT2D eigenvalue weighted by Crippen LogP contribution is 2.27. The van der Waals surface area contributed by atoms with Crippen molar-refractivity contribution in [1.29, 1.82) is 0 Å². The van der Waals surface area contributed by atoms with Crippen LogP contribution in [0.5, 0.6) is 5.75 Å². The predicted molar refractivity (Wildman–Crippen MR) is 98.6 cm³/mol. The van der Waals surface area contributed by atoms with Crippen molar-refractivity contribution in [2.24, 2.45) is 0 Å². The molecule has 3 nitrogen and oxygen atoms in total. The third-order valence-electron chi connectivity index (χ3n) is 3.79. The maximum Gasteiger partial charge on any atom is 0.195 e. The number of rotatable bonds is 5. The van der Waals surface area contributed by atoms with Crippen molar-refractivity contribution >= 4 is 31.5 Å². The molecule has 0 saturated heterocycles. The third kappa shape index (κ3) is 3.71. The zero-order valence-corrected chi connectivity index (χ0v) is 14.7. The minimum absolute atomic E-state index is 0.103. The molecule has 3 rings (SSSR count). The van der Waals surface area contributed by atoms with Crippen LogP contribution in [0.4, 0.5) is 0 Å². The Morgan fingerprint density at radius 2 is 1.74 bits per heavy atom. The smallest absolute Gasteiger partial charge is 0.195 e. The number of quaternary nitrogens is 1. The maximum absolute atomic E-state index is 12.5. The Labute approximate surface area is 140 Å². The summed E-state index contributed by atoms with van der Waals surface area (Å²) in [5, 5.41) is 1.56. The SMILES string of the molecule is C[N+](C)(C)CCCOc1ccc2c(=O)c3ccccc3sc2c1. The van der Waals surface area contributed by atoms with Crippen LogP contribution >= 0.6 is 11.3 Å². The molecule has 3 aromatic rings. The summed E-state index contributed by atoms with van der Waals surface area (Å²) in [5.41, 5.74) is 0.103. The Kier molecular flexibility index (Phi) is 4.37. The molecule has 0 amide bonds. The first-order valence-electron chi connectivity index (χ1n) is 7.83. The lowest BCUT2D eigenvalue weighted by Gasteiger charge is -2.23. The Bertz CT molecular complexity index is 893. The summed E-state index contributed by atoms with van der Waals surface area (Å²) in [7, 11) is 6.54. The van der Waals surface area contributed by atoms with Gasteiger partial charge in [0.1, 0.15) is 5.75 Å². The topological polar surface area (TPSA) is 26.3 Å². The highest BCUT2D eigenvalue weighted by molar-refractivity contribution is 7.24. The van der Waals surface area contributed by atoms with E-state index in [4.69, 9.17) is 4.74 Å². The van der Waals surface area contributed by atoms with Crippen LogP contribution in [0.3, 0.4) is 0 Å². The van der Waals surface area contributed by atoms with Crippen molar-refractivity contribution in [2.45, 2.75) is 6.42 Å². The van der Waals surface area contributed by atoms with E-state index >= 15 is 0 Å². The van der Waals surface area contributed by atoms with Crippen LogP contribution in [0.15, 0.2) is 47.3 Å². The second-order valence-electron chi connectivity index (χ2n) is 6.80. The molecule has 0 unspecified atom stereocenters. The fraction of sp³-hybridized carbons (Fsp3) is 0.316. The third-order valence-corrected chi connectivity index (χ3v) is 4.92. The van der Waals surface area contributed by atoms with E-state index in [0.29, 0.717) is 6.61 Å². The summed E-state index contributed by atoms with van der Waals surface area (Å²) in [6.45, 7) is 1.77. The first-order valence-corrected chi connectivity index (χ1v) is 8.64. The Balaban J connectivity index is 1.84. The Hall–Kier alpha value is -1.91. The quantitative estimate of drug-likeness (QED) is 0.403. The highest BCUT2D eigenvalue weighted by Gasteiger charge is 2.08. The number of hydrogen-bond acceptors (Lipinski definition) is 3. The molecule has 23 heavy (non-hydrogen) atoms. The van der Waals surface area contributed by atoms with Gasteiger partial charge in [0.2, 0.25) is 0 Å². The molecule has 0 spiro atoms. The van der Waals surface area contributed by atoms with Crippen LogP contribution in [0.25, 0.3) is 20.2 Å². The van der Waals surface area contributed by atoms with Crippen LogP contribution in [0, 0.1) is 0 Å². The van der Waals surface area contributed by atoms with E-state index in [0.717, 1.165) is 43.4 Å². The fourth-order valence-electron chi connectivity index (χ4n) is 2.60. The molecule has 0 radical (unpaired) electrons. The molecule has 2 aromatic carbocycles. The minimum Gasteiger partial charge on any atom is -0.493 e. The van der Waals surface area contributed by atoms with Crippen molar-refractivity contribution in [3.63, 3.8) is 0 Å². The lowest BCUT2D eigenvalue weighted by molar-refractivity contribution is -0.870. The van der Waals surface area contributed by atoms with E-state index in [1.54, 1.807) is 11.3 Å². The van der Waals surface area contributed by atoms with Gasteiger partial charge in [0.25, 0.3) is 0 Å². The van der Waals surface area contributed by atoms with Gasteiger partial charge in [-0.25, -0.2) is 0 Å². The van der Waals surface area contributed by atoms with Gasteiger partial charge in [-0.2, -0.15) is 0 Å². The zero-order chi connectivity index (χ0) is 16.4. The van der Waals surface area contributed by atoms with Gasteiger partial charge in [-0.1, -0.05) is 12.1 Å². The molecule has 0 fully saturated rings. The summed E-state index contributed by atoms with van der Waals surface area (Å²) in [4.78, 5) is 12.5. The van der Waals surface area contributed by atoms with E-state index in [9.17, 15) is 4.79 Å². The lowest BCUT2D eigenvalue weighted by atomic mass is 10.2. The molecule has 0 saturated carbocycles. The van der Waals surface area contributed by atoms with Gasteiger partial charge >= 0.3 is 0 Å². The van der Waals surface area contributed by atoms with Crippen molar-refractivity contribution < 1.29 is 9.22 Å². The van der Waals surface area contributed by atoms with Gasteiger partial charge in [0.15, 0.2) is 5.43 Å². The van der Waals surface area contributed by atoms with Gasteiger partial charge in [-0.05, 0) is 30.3 Å². The second kappa shape index (κ2) is 6.30. The van der Waals surface area contributed by atoms with E-state index in [2.05, 4.69) is 21.1 Å². The first kappa shape index (κ1) is 16.0. The van der Waals surface area contributed by atoms with Crippen LogP contribution < -0.4 is 10.2 Å². The standard InChI is InChI=1S/C19H22NO2S/c1-20(2,3)11-6-12-22-14-9-10-16-18(13-14)23-17-8-5-4-7-15(17)19(16)21/h4-5,7-10,13H,6,11-12H2,1-3H3/q+1. The monoisotopic (exact) mass is 328 g/mol. The summed E-state index contributed by atoms with van der Waals surface area (Å²) < 4.78 is 8.80. The number of benzene rings is 2. The average molecular weight is 328 g/mol. The number of ether oxygens (including phenoxy) is 1. The van der Waals surface area contributed by atoms with Crippen molar-refractivity contribution in [2.75, 3.05) is 34.3 Å². The largest absolute Gasteiger partial charge is 0.493 e. The molecule has 0 aliphatic rings. The maximum atomic E-state index is 12.5. The fourth-order valence-corrected chi connectivity index (χ4v) is 3.70. The molecule has 0 aliphatic heterocycles. The second-order valence-corrected chi connectivity index (χ2v) is 7.89. The molecule has 1 aromatic heterocycles. The van der Waals surface area contributed by atoms with E-state index in [-0.39, 0.29) is 5.43 Å². The zero-order valence-electron chi connectivity index (χ0n) is 13.8. The number of nitrogens with zero attached hydrogens (tertiary/aromatic N) is 1. The Morgan fingerprint density at radius 1 is 1.00 bits per heavy atom. The molecule has 0 N–H and O–H groups in total. The first-order chi connectivity index (χ1) is 10.9. The summed E-state index contributed by atoms with van der Waals surface area (Å²) >= 11 is 1.64. The number of hydrogen-bond donors (Lipinski definition) is 0. The van der Waals surface area contributed by atoms with Crippen molar-refractivity contribution in [3.8, 4) is 5.75 Å². The molecule has 1 heterocycles. The van der Waals surface area contributed by atoms with Crippen LogP contribution in [-0.4, -0.2) is 38.8 Å². The summed E-state index contributed by atoms with van der Waals surface area (Å²) in [6.07, 6.45) is 1.01. The molecular formula is C19H22NO2S+. The summed E-state index contributed by atoms with van der Waals surface area (Å²) in [6, 6.07) is 13.5. The predicted octanol–water partition coefficient (Wildman–Crippen LogP) is 3.89. The minimum atomic E-state index is 0.103. The molecule has 4 heteroatoms. The highest BCUT2D eigenvalue weighted by atomic mass is 32.1. The molecule has 0 bridgehead atoms. The van der Waals surface area contributed by atoms with E-state index in [1.807, 2.05) is 42.5 Å². The van der Waals surface area contributed by atoms with Crippen LogP contribution in [0.1, 0.15) is 6.42 Å².